The van der Waals surface area contributed by atoms with Crippen molar-refractivity contribution in [3.8, 4) is 0 Å². The van der Waals surface area contributed by atoms with E-state index in [9.17, 15) is 27.4 Å². The number of nitrogens with zero attached hydrogens (tertiary/aromatic N) is 3. The first kappa shape index (κ1) is 22.6. The molecule has 2 aliphatic heterocycles. The average molecular weight is 402 g/mol. The van der Waals surface area contributed by atoms with Gasteiger partial charge < -0.3 is 24.3 Å². The van der Waals surface area contributed by atoms with Crippen molar-refractivity contribution in [2.75, 3.05) is 27.3 Å². The molecule has 0 aliphatic carbocycles. The maximum Gasteiger partial charge on any atom is 1.00 e. The van der Waals surface area contributed by atoms with Gasteiger partial charge in [-0.3, -0.25) is 4.79 Å². The first-order valence-corrected chi connectivity index (χ1v) is 8.23. The van der Waals surface area contributed by atoms with E-state index in [-0.39, 0.29) is 48.2 Å². The SMILES string of the molecule is CNC(=O)CON=C1C[C@@H](C(=O)OC)N2C[C@@H]1N(OS(=O)(=O)[O-])C2=O.[Na+]. The summed E-state index contributed by atoms with van der Waals surface area (Å²) in [4.78, 5) is 41.0. The Kier molecular flexibility index (Phi) is 7.79. The number of carbonyl (C=O) groups is 3. The summed E-state index contributed by atoms with van der Waals surface area (Å²) in [5.41, 5.74) is 0.0463. The number of fused-ring (bicyclic) bond motifs is 2. The fourth-order valence-electron chi connectivity index (χ4n) is 2.42. The molecule has 0 spiro atoms. The number of piperidine rings is 1. The van der Waals surface area contributed by atoms with E-state index >= 15 is 0 Å². The number of hydrogen-bond acceptors (Lipinski definition) is 10. The van der Waals surface area contributed by atoms with Gasteiger partial charge in [-0.05, 0) is 0 Å². The van der Waals surface area contributed by atoms with Crippen LogP contribution in [-0.2, 0) is 33.8 Å². The number of oxime groups is 1. The Morgan fingerprint density at radius 3 is 2.62 bits per heavy atom. The number of amides is 3. The molecule has 0 aromatic rings. The van der Waals surface area contributed by atoms with Crippen molar-refractivity contribution in [3.05, 3.63) is 0 Å². The molecule has 2 bridgehead atoms. The van der Waals surface area contributed by atoms with Crippen molar-refractivity contribution >= 4 is 34.0 Å². The molecule has 13 nitrogen and oxygen atoms in total. The van der Waals surface area contributed by atoms with Crippen LogP contribution in [0.25, 0.3) is 0 Å². The van der Waals surface area contributed by atoms with Crippen LogP contribution >= 0.6 is 0 Å². The second-order valence-electron chi connectivity index (χ2n) is 5.03. The molecule has 2 rings (SSSR count). The number of esters is 1. The van der Waals surface area contributed by atoms with Crippen LogP contribution in [0.2, 0.25) is 0 Å². The van der Waals surface area contributed by atoms with E-state index in [1.165, 1.54) is 7.05 Å². The van der Waals surface area contributed by atoms with Crippen LogP contribution in [0, 0.1) is 0 Å². The van der Waals surface area contributed by atoms with Gasteiger partial charge in [-0.2, -0.15) is 9.35 Å². The number of urea groups is 1. The van der Waals surface area contributed by atoms with E-state index in [1.807, 2.05) is 0 Å². The van der Waals surface area contributed by atoms with Gasteiger partial charge in [0.05, 0.1) is 19.4 Å². The van der Waals surface area contributed by atoms with Crippen molar-refractivity contribution in [1.29, 1.82) is 0 Å². The molecule has 0 aromatic carbocycles. The standard InChI is InChI=1S/C11H16N4O9S.Na/c1-12-9(16)5-23-13-6-3-7(10(17)22-2)14-4-8(6)15(11(14)18)24-25(19,20)21;/h7-8H,3-5H2,1-2H3,(H,12,16)(H,19,20,21);/q;+1/p-1/t7-,8-;/m0./s1. The molecule has 0 radical (unpaired) electrons. The number of carbonyl (C=O) groups excluding carboxylic acids is 3. The third-order valence-electron chi connectivity index (χ3n) is 3.55. The first-order valence-electron chi connectivity index (χ1n) is 6.90. The molecular formula is C11H15N4NaO9S. The van der Waals surface area contributed by atoms with Gasteiger partial charge in [-0.25, -0.2) is 18.0 Å². The second-order valence-corrected chi connectivity index (χ2v) is 6.00. The van der Waals surface area contributed by atoms with Gasteiger partial charge >= 0.3 is 41.6 Å². The Morgan fingerprint density at radius 1 is 1.42 bits per heavy atom. The van der Waals surface area contributed by atoms with Crippen LogP contribution in [0.1, 0.15) is 6.42 Å². The molecule has 2 fully saturated rings. The van der Waals surface area contributed by atoms with Crippen molar-refractivity contribution in [1.82, 2.24) is 15.3 Å². The Hall–Kier alpha value is -1.45. The molecule has 0 aromatic heterocycles. The van der Waals surface area contributed by atoms with Crippen LogP contribution in [-0.4, -0.2) is 85.9 Å². The molecule has 2 heterocycles. The van der Waals surface area contributed by atoms with Crippen LogP contribution < -0.4 is 34.9 Å². The Morgan fingerprint density at radius 2 is 2.08 bits per heavy atom. The summed E-state index contributed by atoms with van der Waals surface area (Å²) in [6, 6.07) is -3.17. The Bertz CT molecular complexity index is 712. The van der Waals surface area contributed by atoms with Crippen molar-refractivity contribution < 1.29 is 70.8 Å². The zero-order valence-corrected chi connectivity index (χ0v) is 17.0. The van der Waals surface area contributed by atoms with Gasteiger partial charge in [0, 0.05) is 13.5 Å². The summed E-state index contributed by atoms with van der Waals surface area (Å²) in [5.74, 6) is -1.25. The summed E-state index contributed by atoms with van der Waals surface area (Å²) in [5, 5.41) is 6.29. The summed E-state index contributed by atoms with van der Waals surface area (Å²) in [7, 11) is -2.73. The molecule has 3 amide bonds. The van der Waals surface area contributed by atoms with E-state index in [4.69, 9.17) is 4.84 Å². The number of methoxy groups -OCH3 is 1. The van der Waals surface area contributed by atoms with E-state index in [1.54, 1.807) is 0 Å². The monoisotopic (exact) mass is 402 g/mol. The number of hydrogen-bond donors (Lipinski definition) is 1. The Balaban J connectivity index is 0.00000338. The normalized spacial score (nSPS) is 23.5. The topological polar surface area (TPSA) is 167 Å². The van der Waals surface area contributed by atoms with Gasteiger partial charge in [0.2, 0.25) is 10.4 Å². The zero-order valence-electron chi connectivity index (χ0n) is 14.2. The van der Waals surface area contributed by atoms with Gasteiger partial charge in [-0.15, -0.1) is 0 Å². The van der Waals surface area contributed by atoms with Gasteiger partial charge in [-0.1, -0.05) is 5.16 Å². The summed E-state index contributed by atoms with van der Waals surface area (Å²) < 4.78 is 41.3. The van der Waals surface area contributed by atoms with E-state index < -0.39 is 47.0 Å². The first-order chi connectivity index (χ1) is 11.7. The molecule has 2 saturated heterocycles. The van der Waals surface area contributed by atoms with Gasteiger partial charge in [0.1, 0.15) is 12.1 Å². The predicted molar refractivity (Wildman–Crippen MR) is 76.4 cm³/mol. The second kappa shape index (κ2) is 8.96. The Labute approximate surface area is 170 Å². The van der Waals surface area contributed by atoms with E-state index in [0.717, 1.165) is 12.0 Å². The summed E-state index contributed by atoms with van der Waals surface area (Å²) >= 11 is 0. The van der Waals surface area contributed by atoms with Crippen LogP contribution in [0.5, 0.6) is 0 Å². The maximum absolute atomic E-state index is 12.2. The van der Waals surface area contributed by atoms with Crippen LogP contribution in [0.15, 0.2) is 5.16 Å². The van der Waals surface area contributed by atoms with Gasteiger partial charge in [0.15, 0.2) is 6.61 Å². The zero-order chi connectivity index (χ0) is 18.8. The van der Waals surface area contributed by atoms with Crippen molar-refractivity contribution in [2.45, 2.75) is 18.5 Å². The number of rotatable bonds is 6. The smallest absolute Gasteiger partial charge is 0.724 e. The number of likely N-dealkylation sites (N-methyl/N-ethyl adjacent to an activating group) is 1. The number of ether oxygens (including phenoxy) is 1. The molecule has 140 valence electrons. The molecule has 15 heteroatoms. The minimum Gasteiger partial charge on any atom is -0.724 e. The third-order valence-corrected chi connectivity index (χ3v) is 3.89. The molecule has 26 heavy (non-hydrogen) atoms. The third kappa shape index (κ3) is 5.05. The number of nitrogens with one attached hydrogen (secondary N) is 1. The molecule has 0 unspecified atom stereocenters. The number of hydroxylamine groups is 2. The summed E-state index contributed by atoms with van der Waals surface area (Å²) in [6.07, 6.45) is -0.143. The minimum atomic E-state index is -5.23. The molecule has 0 saturated carbocycles. The average Bonchev–Trinajstić information content (AvgIpc) is 2.81. The van der Waals surface area contributed by atoms with Crippen LogP contribution in [0.4, 0.5) is 4.79 Å². The molecule has 2 atom stereocenters. The van der Waals surface area contributed by atoms with E-state index in [0.29, 0.717) is 5.06 Å². The molecule has 2 aliphatic rings. The van der Waals surface area contributed by atoms with Crippen molar-refractivity contribution in [2.24, 2.45) is 5.16 Å². The molecule has 1 N–H and O–H groups in total. The molecular weight excluding hydrogens is 387 g/mol. The van der Waals surface area contributed by atoms with Crippen molar-refractivity contribution in [3.63, 3.8) is 0 Å². The van der Waals surface area contributed by atoms with E-state index in [2.05, 4.69) is 19.5 Å². The fourth-order valence-corrected chi connectivity index (χ4v) is 2.78. The quantitative estimate of drug-likeness (QED) is 0.150. The fraction of sp³-hybridized carbons (Fsp3) is 0.636. The van der Waals surface area contributed by atoms with Gasteiger partial charge in [0.25, 0.3) is 5.91 Å². The maximum atomic E-state index is 12.2. The predicted octanol–water partition coefficient (Wildman–Crippen LogP) is -5.45. The minimum absolute atomic E-state index is 0. The largest absolute Gasteiger partial charge is 1.00 e. The summed E-state index contributed by atoms with van der Waals surface area (Å²) in [6.45, 7) is -0.607. The van der Waals surface area contributed by atoms with Crippen LogP contribution in [0.3, 0.4) is 0 Å².